The molecule has 1 N–H and O–H groups in total. The molecule has 1 aromatic heterocycles. The Morgan fingerprint density at radius 2 is 2.29 bits per heavy atom. The lowest BCUT2D eigenvalue weighted by atomic mass is 10.0. The molecule has 0 atom stereocenters. The van der Waals surface area contributed by atoms with Crippen LogP contribution in [0.3, 0.4) is 0 Å². The summed E-state index contributed by atoms with van der Waals surface area (Å²) >= 11 is 5.74. The predicted molar refractivity (Wildman–Crippen MR) is 73.2 cm³/mol. The molecular weight excluding hydrogens is 232 g/mol. The first kappa shape index (κ1) is 11.0. The zero-order valence-electron chi connectivity index (χ0n) is 9.88. The lowest BCUT2D eigenvalue weighted by Gasteiger charge is -2.23. The van der Waals surface area contributed by atoms with Gasteiger partial charge in [-0.25, -0.2) is 0 Å². The van der Waals surface area contributed by atoms with Gasteiger partial charge in [0.15, 0.2) is 0 Å². The summed E-state index contributed by atoms with van der Waals surface area (Å²) in [7, 11) is 0. The quantitative estimate of drug-likeness (QED) is 0.802. The highest BCUT2D eigenvalue weighted by molar-refractivity contribution is 6.17. The number of fused-ring (bicyclic) bond motifs is 3. The molecule has 2 aliphatic rings. The summed E-state index contributed by atoms with van der Waals surface area (Å²) in [6.45, 7) is 2.17. The third kappa shape index (κ3) is 2.02. The molecule has 0 fully saturated rings. The van der Waals surface area contributed by atoms with Crippen LogP contribution in [-0.4, -0.2) is 28.9 Å². The lowest BCUT2D eigenvalue weighted by Crippen LogP contribution is -2.31. The molecule has 0 aromatic carbocycles. The van der Waals surface area contributed by atoms with Crippen molar-refractivity contribution in [3.63, 3.8) is 0 Å². The van der Waals surface area contributed by atoms with Gasteiger partial charge in [-0.15, -0.1) is 11.6 Å². The third-order valence-corrected chi connectivity index (χ3v) is 3.76. The SMILES string of the molecule is ClCCCN1C=c2[nH]c3c(c2CC1)C=CCC=3. The number of alkyl halides is 1. The van der Waals surface area contributed by atoms with Crippen molar-refractivity contribution in [2.24, 2.45) is 0 Å². The van der Waals surface area contributed by atoms with Crippen LogP contribution in [-0.2, 0) is 6.42 Å². The fourth-order valence-corrected chi connectivity index (χ4v) is 2.76. The maximum Gasteiger partial charge on any atom is 0.0585 e. The van der Waals surface area contributed by atoms with E-state index in [9.17, 15) is 0 Å². The number of nitrogens with one attached hydrogen (secondary N) is 1. The molecule has 0 saturated heterocycles. The Balaban J connectivity index is 1.97. The highest BCUT2D eigenvalue weighted by Gasteiger charge is 2.14. The summed E-state index contributed by atoms with van der Waals surface area (Å²) < 4.78 is 0. The van der Waals surface area contributed by atoms with Gasteiger partial charge < -0.3 is 9.88 Å². The first-order valence-electron chi connectivity index (χ1n) is 6.28. The second kappa shape index (κ2) is 4.61. The van der Waals surface area contributed by atoms with Crippen LogP contribution >= 0.6 is 11.6 Å². The minimum absolute atomic E-state index is 0.745. The van der Waals surface area contributed by atoms with Crippen LogP contribution in [0.15, 0.2) is 6.08 Å². The number of hydrogen-bond donors (Lipinski definition) is 1. The van der Waals surface area contributed by atoms with Crippen molar-refractivity contribution < 1.29 is 0 Å². The molecule has 1 aliphatic heterocycles. The minimum Gasteiger partial charge on any atom is -0.375 e. The zero-order chi connectivity index (χ0) is 11.7. The number of rotatable bonds is 3. The van der Waals surface area contributed by atoms with Crippen LogP contribution in [0.2, 0.25) is 0 Å². The Morgan fingerprint density at radius 1 is 1.35 bits per heavy atom. The van der Waals surface area contributed by atoms with Crippen molar-refractivity contribution >= 4 is 30.0 Å². The highest BCUT2D eigenvalue weighted by atomic mass is 35.5. The van der Waals surface area contributed by atoms with Gasteiger partial charge in [0.25, 0.3) is 0 Å². The Labute approximate surface area is 106 Å². The molecule has 1 aromatic rings. The van der Waals surface area contributed by atoms with Crippen LogP contribution < -0.4 is 10.7 Å². The van der Waals surface area contributed by atoms with E-state index < -0.39 is 0 Å². The van der Waals surface area contributed by atoms with Crippen molar-refractivity contribution in [2.45, 2.75) is 19.3 Å². The van der Waals surface area contributed by atoms with Crippen molar-refractivity contribution in [1.82, 2.24) is 9.88 Å². The average molecular weight is 249 g/mol. The Hall–Kier alpha value is -1.15. The summed E-state index contributed by atoms with van der Waals surface area (Å²) in [6.07, 6.45) is 12.2. The van der Waals surface area contributed by atoms with E-state index in [0.717, 1.165) is 38.2 Å². The van der Waals surface area contributed by atoms with Crippen molar-refractivity contribution in [3.8, 4) is 0 Å². The van der Waals surface area contributed by atoms with Gasteiger partial charge in [0.2, 0.25) is 0 Å². The van der Waals surface area contributed by atoms with Crippen molar-refractivity contribution in [3.05, 3.63) is 27.9 Å². The van der Waals surface area contributed by atoms with E-state index >= 15 is 0 Å². The summed E-state index contributed by atoms with van der Waals surface area (Å²) in [5.41, 5.74) is 2.88. The molecule has 0 saturated carbocycles. The second-order valence-corrected chi connectivity index (χ2v) is 5.02. The smallest absolute Gasteiger partial charge is 0.0585 e. The van der Waals surface area contributed by atoms with Gasteiger partial charge in [0.05, 0.1) is 5.35 Å². The van der Waals surface area contributed by atoms with E-state index in [2.05, 4.69) is 34.3 Å². The lowest BCUT2D eigenvalue weighted by molar-refractivity contribution is 0.405. The van der Waals surface area contributed by atoms with Crippen LogP contribution in [0.25, 0.3) is 18.4 Å². The standard InChI is InChI=1S/C14H17ClN2/c15-7-3-8-17-9-6-12-11-4-1-2-5-13(11)16-14(12)10-17/h1,4-5,10,16H,2-3,6-9H2. The Bertz CT molecular complexity index is 554. The maximum absolute atomic E-state index is 5.74. The topological polar surface area (TPSA) is 19.0 Å². The van der Waals surface area contributed by atoms with E-state index in [1.807, 2.05) is 0 Å². The summed E-state index contributed by atoms with van der Waals surface area (Å²) in [4.78, 5) is 5.89. The fourth-order valence-electron chi connectivity index (χ4n) is 2.64. The van der Waals surface area contributed by atoms with Crippen molar-refractivity contribution in [2.75, 3.05) is 19.0 Å². The molecular formula is C14H17ClN2. The van der Waals surface area contributed by atoms with E-state index in [0.29, 0.717) is 0 Å². The number of H-pyrrole nitrogens is 1. The van der Waals surface area contributed by atoms with Gasteiger partial charge in [-0.1, -0.05) is 18.2 Å². The molecule has 0 radical (unpaired) electrons. The zero-order valence-corrected chi connectivity index (χ0v) is 10.6. The van der Waals surface area contributed by atoms with Crippen LogP contribution in [0.5, 0.6) is 0 Å². The maximum atomic E-state index is 5.74. The third-order valence-electron chi connectivity index (χ3n) is 3.49. The van der Waals surface area contributed by atoms with E-state index in [-0.39, 0.29) is 0 Å². The van der Waals surface area contributed by atoms with Gasteiger partial charge in [-0.3, -0.25) is 0 Å². The number of allylic oxidation sites excluding steroid dienone is 1. The molecule has 17 heavy (non-hydrogen) atoms. The second-order valence-electron chi connectivity index (χ2n) is 4.64. The average Bonchev–Trinajstić information content (AvgIpc) is 2.74. The first-order chi connectivity index (χ1) is 8.38. The van der Waals surface area contributed by atoms with Gasteiger partial charge in [0, 0.05) is 36.1 Å². The molecule has 0 bridgehead atoms. The fraction of sp³-hybridized carbons (Fsp3) is 0.429. The Kier molecular flexibility index (Phi) is 2.98. The van der Waals surface area contributed by atoms with E-state index in [4.69, 9.17) is 11.6 Å². The van der Waals surface area contributed by atoms with Crippen LogP contribution in [0.1, 0.15) is 24.0 Å². The largest absolute Gasteiger partial charge is 0.375 e. The Morgan fingerprint density at radius 3 is 3.18 bits per heavy atom. The molecule has 2 heterocycles. The molecule has 3 rings (SSSR count). The number of nitrogens with zero attached hydrogens (tertiary/aromatic N) is 1. The molecule has 3 heteroatoms. The minimum atomic E-state index is 0.745. The van der Waals surface area contributed by atoms with Crippen molar-refractivity contribution in [1.29, 1.82) is 0 Å². The summed E-state index contributed by atoms with van der Waals surface area (Å²) in [5, 5.41) is 2.59. The van der Waals surface area contributed by atoms with Crippen LogP contribution in [0.4, 0.5) is 0 Å². The molecule has 1 aliphatic carbocycles. The first-order valence-corrected chi connectivity index (χ1v) is 6.81. The van der Waals surface area contributed by atoms with E-state index in [1.54, 1.807) is 0 Å². The van der Waals surface area contributed by atoms with Gasteiger partial charge in [-0.05, 0) is 24.8 Å². The molecule has 0 amide bonds. The number of hydrogen-bond acceptors (Lipinski definition) is 1. The van der Waals surface area contributed by atoms with E-state index in [1.165, 1.54) is 21.8 Å². The number of halogens is 1. The van der Waals surface area contributed by atoms with Crippen LogP contribution in [0, 0.1) is 0 Å². The predicted octanol–water partition coefficient (Wildman–Crippen LogP) is 1.44. The summed E-state index contributed by atoms with van der Waals surface area (Å²) in [6, 6.07) is 0. The van der Waals surface area contributed by atoms with Gasteiger partial charge in [-0.2, -0.15) is 0 Å². The molecule has 0 unspecified atom stereocenters. The molecule has 2 nitrogen and oxygen atoms in total. The number of aromatic nitrogens is 1. The van der Waals surface area contributed by atoms with Gasteiger partial charge >= 0.3 is 0 Å². The van der Waals surface area contributed by atoms with Gasteiger partial charge in [0.1, 0.15) is 0 Å². The normalized spacial score (nSPS) is 17.1. The highest BCUT2D eigenvalue weighted by Crippen LogP contribution is 2.11. The number of aromatic amines is 1. The molecule has 90 valence electrons. The monoisotopic (exact) mass is 248 g/mol. The summed E-state index contributed by atoms with van der Waals surface area (Å²) in [5.74, 6) is 0.745. The molecule has 0 spiro atoms.